The highest BCUT2D eigenvalue weighted by atomic mass is 79.9. The molecule has 19 heteroatoms. The molecule has 1 N–H and O–H groups in total. The fraction of sp³-hybridized carbons (Fsp3) is 0.731. The molecule has 2 aliphatic heterocycles. The third kappa shape index (κ3) is 11.2. The van der Waals surface area contributed by atoms with E-state index in [1.54, 1.807) is 0 Å². The Morgan fingerprint density at radius 2 is 1.00 bits per heavy atom. The van der Waals surface area contributed by atoms with Crippen molar-refractivity contribution in [3.05, 3.63) is 0 Å². The van der Waals surface area contributed by atoms with Crippen molar-refractivity contribution in [1.82, 2.24) is 0 Å². The lowest BCUT2D eigenvalue weighted by atomic mass is 9.96. The minimum Gasteiger partial charge on any atom is -0.463 e. The summed E-state index contributed by atoms with van der Waals surface area (Å²) in [5.74, 6) is -6.14. The van der Waals surface area contributed by atoms with Crippen LogP contribution in [0.2, 0.25) is 0 Å². The van der Waals surface area contributed by atoms with E-state index in [1.807, 2.05) is 0 Å². The molecule has 45 heavy (non-hydrogen) atoms. The maximum Gasteiger partial charge on any atom is 0.303 e. The topological polar surface area (TPSA) is 232 Å². The lowest BCUT2D eigenvalue weighted by Gasteiger charge is -2.49. The minimum atomic E-state index is -2.52. The van der Waals surface area contributed by atoms with E-state index in [9.17, 15) is 38.7 Å². The Bertz CT molecular complexity index is 1140. The first-order valence-corrected chi connectivity index (χ1v) is 14.1. The molecular formula is C26H35BrO18. The Morgan fingerprint density at radius 1 is 0.578 bits per heavy atom. The Kier molecular flexibility index (Phi) is 13.7. The van der Waals surface area contributed by atoms with Crippen molar-refractivity contribution in [3.8, 4) is 0 Å². The largest absolute Gasteiger partial charge is 0.463 e. The molecule has 2 fully saturated rings. The highest BCUT2D eigenvalue weighted by Gasteiger charge is 2.60. The molecule has 0 aliphatic carbocycles. The van der Waals surface area contributed by atoms with Crippen molar-refractivity contribution in [2.24, 2.45) is 0 Å². The van der Waals surface area contributed by atoms with Gasteiger partial charge in [0.2, 0.25) is 6.10 Å². The summed E-state index contributed by atoms with van der Waals surface area (Å²) >= 11 is 2.89. The maximum absolute atomic E-state index is 12.2. The highest BCUT2D eigenvalue weighted by Crippen LogP contribution is 2.40. The summed E-state index contributed by atoms with van der Waals surface area (Å²) in [5, 5.41) is 11.0. The van der Waals surface area contributed by atoms with Crippen molar-refractivity contribution in [2.75, 3.05) is 13.2 Å². The zero-order valence-corrected chi connectivity index (χ0v) is 27.0. The molecule has 2 rings (SSSR count). The van der Waals surface area contributed by atoms with Crippen molar-refractivity contribution >= 4 is 57.7 Å². The maximum atomic E-state index is 12.2. The van der Waals surface area contributed by atoms with Gasteiger partial charge in [0.1, 0.15) is 31.5 Å². The molecule has 0 saturated carbocycles. The Morgan fingerprint density at radius 3 is 1.47 bits per heavy atom. The molecule has 2 aliphatic rings. The van der Waals surface area contributed by atoms with Crippen LogP contribution in [0, 0.1) is 0 Å². The zero-order chi connectivity index (χ0) is 34.2. The van der Waals surface area contributed by atoms with Gasteiger partial charge in [-0.1, -0.05) is 0 Å². The lowest BCUT2D eigenvalue weighted by Crippen LogP contribution is -2.68. The number of rotatable bonds is 11. The smallest absolute Gasteiger partial charge is 0.303 e. The van der Waals surface area contributed by atoms with Gasteiger partial charge in [0, 0.05) is 48.5 Å². The Balaban J connectivity index is 2.71. The van der Waals surface area contributed by atoms with Crippen LogP contribution in [0.1, 0.15) is 48.5 Å². The van der Waals surface area contributed by atoms with Crippen LogP contribution < -0.4 is 0 Å². The van der Waals surface area contributed by atoms with Gasteiger partial charge in [0.15, 0.2) is 30.7 Å². The quantitative estimate of drug-likeness (QED) is 0.159. The lowest BCUT2D eigenvalue weighted by molar-refractivity contribution is -0.362. The zero-order valence-electron chi connectivity index (χ0n) is 25.4. The molecule has 2 saturated heterocycles. The fourth-order valence-corrected chi connectivity index (χ4v) is 5.11. The first-order chi connectivity index (χ1) is 20.8. The van der Waals surface area contributed by atoms with Crippen LogP contribution in [0.3, 0.4) is 0 Å². The third-order valence-electron chi connectivity index (χ3n) is 5.94. The van der Waals surface area contributed by atoms with E-state index in [1.165, 1.54) is 0 Å². The van der Waals surface area contributed by atoms with Crippen molar-refractivity contribution in [3.63, 3.8) is 0 Å². The number of hydrogen-bond acceptors (Lipinski definition) is 18. The molecule has 0 aromatic rings. The SMILES string of the molecule is CC(=O)OC[C@H]1O[C@@](O)(Br)[C@H](OC(C)=O)[C@@H](OC(C)=O)[C@H]1OC1O[C@H](COC(C)=O)[C@H](OC(C)=O)[C@H](OC(C)=O)[C@H]1OC(C)=O. The highest BCUT2D eigenvalue weighted by molar-refractivity contribution is 9.10. The molecule has 18 nitrogen and oxygen atoms in total. The molecular weight excluding hydrogens is 680 g/mol. The monoisotopic (exact) mass is 714 g/mol. The van der Waals surface area contributed by atoms with Gasteiger partial charge in [0.25, 0.3) is 4.70 Å². The second-order valence-electron chi connectivity index (χ2n) is 9.84. The van der Waals surface area contributed by atoms with Gasteiger partial charge in [-0.05, 0) is 15.9 Å². The van der Waals surface area contributed by atoms with Crippen LogP contribution in [0.25, 0.3) is 0 Å². The van der Waals surface area contributed by atoms with Gasteiger partial charge in [-0.15, -0.1) is 0 Å². The van der Waals surface area contributed by atoms with Crippen LogP contribution >= 0.6 is 15.9 Å². The average Bonchev–Trinajstić information content (AvgIpc) is 2.87. The summed E-state index contributed by atoms with van der Waals surface area (Å²) in [4.78, 5) is 83.9. The van der Waals surface area contributed by atoms with Gasteiger partial charge in [0.05, 0.1) is 0 Å². The normalized spacial score (nSPS) is 32.7. The summed E-state index contributed by atoms with van der Waals surface area (Å²) in [6.45, 7) is 5.99. The van der Waals surface area contributed by atoms with Crippen molar-refractivity contribution < 1.29 is 86.0 Å². The Labute approximate surface area is 265 Å². The number of ether oxygens (including phenoxy) is 10. The number of alkyl halides is 1. The number of esters is 7. The standard InChI is InChI=1S/C26H35BrO18/c1-10(28)36-8-17-19(38-12(3)30)21(39-13(4)31)23(41-15(6)33)25(43-17)44-20-18(9-37-11(2)29)45-26(27,35)24(42-16(7)34)22(20)40-14(5)32/h17-25,35H,8-9H2,1-7H3/t17-,18-,19+,20+,21+,22+,23-,24-,25?,26-/m1/s1. The third-order valence-corrected chi connectivity index (χ3v) is 6.58. The molecule has 254 valence electrons. The molecule has 0 spiro atoms. The summed E-state index contributed by atoms with van der Waals surface area (Å²) in [6, 6.07) is 0. The van der Waals surface area contributed by atoms with Gasteiger partial charge >= 0.3 is 41.8 Å². The van der Waals surface area contributed by atoms with E-state index in [2.05, 4.69) is 15.9 Å². The fourth-order valence-electron chi connectivity index (χ4n) is 4.52. The molecule has 0 bridgehead atoms. The molecule has 0 aromatic heterocycles. The molecule has 0 radical (unpaired) electrons. The number of halogens is 1. The van der Waals surface area contributed by atoms with Crippen LogP contribution in [0.15, 0.2) is 0 Å². The van der Waals surface area contributed by atoms with Gasteiger partial charge in [-0.3, -0.25) is 33.6 Å². The summed E-state index contributed by atoms with van der Waals surface area (Å²) in [5.41, 5.74) is 0. The molecule has 0 aromatic carbocycles. The predicted molar refractivity (Wildman–Crippen MR) is 143 cm³/mol. The van der Waals surface area contributed by atoms with Crippen molar-refractivity contribution in [2.45, 2.75) is 108 Å². The number of aliphatic hydroxyl groups is 1. The molecule has 0 amide bonds. The van der Waals surface area contributed by atoms with Crippen LogP contribution in [-0.4, -0.2) is 120 Å². The van der Waals surface area contributed by atoms with E-state index in [0.29, 0.717) is 0 Å². The summed E-state index contributed by atoms with van der Waals surface area (Å²) in [7, 11) is 0. The molecule has 1 unspecified atom stereocenters. The van der Waals surface area contributed by atoms with E-state index in [4.69, 9.17) is 47.4 Å². The van der Waals surface area contributed by atoms with Gasteiger partial charge < -0.3 is 52.5 Å². The number of hydrogen-bond donors (Lipinski definition) is 1. The average molecular weight is 715 g/mol. The predicted octanol–water partition coefficient (Wildman–Crippen LogP) is -0.679. The van der Waals surface area contributed by atoms with Crippen LogP contribution in [0.4, 0.5) is 0 Å². The minimum absolute atomic E-state index is 0.583. The first-order valence-electron chi connectivity index (χ1n) is 13.3. The summed E-state index contributed by atoms with van der Waals surface area (Å²) < 4.78 is 51.9. The van der Waals surface area contributed by atoms with Crippen molar-refractivity contribution in [1.29, 1.82) is 0 Å². The Hall–Kier alpha value is -3.39. The van der Waals surface area contributed by atoms with Gasteiger partial charge in [-0.25, -0.2) is 0 Å². The summed E-state index contributed by atoms with van der Waals surface area (Å²) in [6.07, 6.45) is -14.8. The van der Waals surface area contributed by atoms with Crippen LogP contribution in [-0.2, 0) is 80.9 Å². The van der Waals surface area contributed by atoms with Gasteiger partial charge in [-0.2, -0.15) is 0 Å². The molecule has 2 heterocycles. The number of carbonyl (C=O) groups excluding carboxylic acids is 7. The van der Waals surface area contributed by atoms with E-state index >= 15 is 0 Å². The van der Waals surface area contributed by atoms with E-state index < -0.39 is 115 Å². The second-order valence-corrected chi connectivity index (χ2v) is 11.0. The molecule has 10 atom stereocenters. The van der Waals surface area contributed by atoms with E-state index in [0.717, 1.165) is 48.5 Å². The number of carbonyl (C=O) groups is 7. The van der Waals surface area contributed by atoms with E-state index in [-0.39, 0.29) is 0 Å². The van der Waals surface area contributed by atoms with Crippen LogP contribution in [0.5, 0.6) is 0 Å². The second kappa shape index (κ2) is 16.3. The first kappa shape index (κ1) is 37.8.